The molecule has 0 spiro atoms. The van der Waals surface area contributed by atoms with Crippen LogP contribution in [0.2, 0.25) is 0 Å². The van der Waals surface area contributed by atoms with Crippen LogP contribution in [-0.4, -0.2) is 37.1 Å². The van der Waals surface area contributed by atoms with Gasteiger partial charge in [-0.3, -0.25) is 4.79 Å². The lowest BCUT2D eigenvalue weighted by atomic mass is 9.61. The lowest BCUT2D eigenvalue weighted by Gasteiger charge is -2.47. The van der Waals surface area contributed by atoms with E-state index in [9.17, 15) is 15.2 Å². The summed E-state index contributed by atoms with van der Waals surface area (Å²) in [6, 6.07) is 1.81. The van der Waals surface area contributed by atoms with Gasteiger partial charge in [-0.25, -0.2) is 19.3 Å². The van der Waals surface area contributed by atoms with Crippen molar-refractivity contribution in [3.63, 3.8) is 0 Å². The summed E-state index contributed by atoms with van der Waals surface area (Å²) in [4.78, 5) is 28.1. The van der Waals surface area contributed by atoms with E-state index in [-0.39, 0.29) is 35.2 Å². The number of halogens is 1. The number of aromatic amines is 1. The number of fused-ring (bicyclic) bond motifs is 4. The van der Waals surface area contributed by atoms with Crippen LogP contribution in [0.4, 0.5) is 10.2 Å². The van der Waals surface area contributed by atoms with E-state index in [4.69, 9.17) is 0 Å². The molecule has 4 saturated carbocycles. The molecular weight excluding hydrogens is 423 g/mol. The van der Waals surface area contributed by atoms with Crippen LogP contribution in [0, 0.1) is 34.9 Å². The molecule has 33 heavy (non-hydrogen) atoms. The molecule has 8 nitrogen and oxygen atoms in total. The van der Waals surface area contributed by atoms with Crippen molar-refractivity contribution in [2.24, 2.45) is 17.8 Å². The summed E-state index contributed by atoms with van der Waals surface area (Å²) < 4.78 is 15.8. The number of aromatic nitrogens is 4. The molecule has 9 heteroatoms. The highest BCUT2D eigenvalue weighted by Crippen LogP contribution is 2.49. The molecule has 4 aliphatic rings. The third-order valence-electron chi connectivity index (χ3n) is 7.69. The van der Waals surface area contributed by atoms with Crippen LogP contribution in [0.5, 0.6) is 0 Å². The molecule has 3 heterocycles. The van der Waals surface area contributed by atoms with Crippen LogP contribution in [0.15, 0.2) is 18.7 Å². The van der Waals surface area contributed by atoms with Crippen LogP contribution in [-0.2, 0) is 4.79 Å². The number of carboxylic acid groups (broad SMARTS) is 1. The SMILES string of the molecule is N#Cc1c(-c2c[nH]c3ncncc23)nc(NC2C3CCC(CC3)C2C(=O)O)c(F)c1C1CC1. The van der Waals surface area contributed by atoms with E-state index < -0.39 is 17.7 Å². The van der Waals surface area contributed by atoms with Crippen molar-refractivity contribution >= 4 is 22.8 Å². The molecule has 2 atom stereocenters. The number of aliphatic carboxylic acids is 1. The van der Waals surface area contributed by atoms with Gasteiger partial charge in [-0.05, 0) is 56.3 Å². The molecule has 2 bridgehead atoms. The quantitative estimate of drug-likeness (QED) is 0.536. The van der Waals surface area contributed by atoms with Gasteiger partial charge in [0.15, 0.2) is 11.6 Å². The average Bonchev–Trinajstić information content (AvgIpc) is 3.58. The van der Waals surface area contributed by atoms with E-state index in [0.29, 0.717) is 27.9 Å². The monoisotopic (exact) mass is 446 g/mol. The second-order valence-corrected chi connectivity index (χ2v) is 9.49. The van der Waals surface area contributed by atoms with Crippen molar-refractivity contribution in [3.05, 3.63) is 35.7 Å². The maximum atomic E-state index is 15.8. The van der Waals surface area contributed by atoms with Crippen molar-refractivity contribution in [1.82, 2.24) is 19.9 Å². The molecule has 3 aromatic rings. The molecule has 3 N–H and O–H groups in total. The van der Waals surface area contributed by atoms with Gasteiger partial charge < -0.3 is 15.4 Å². The van der Waals surface area contributed by atoms with Crippen LogP contribution in [0.1, 0.15) is 55.6 Å². The molecule has 4 fully saturated rings. The number of nitrogens with zero attached hydrogens (tertiary/aromatic N) is 4. The number of hydrogen-bond donors (Lipinski definition) is 3. The smallest absolute Gasteiger partial charge is 0.308 e. The van der Waals surface area contributed by atoms with Gasteiger partial charge in [0.1, 0.15) is 18.0 Å². The van der Waals surface area contributed by atoms with E-state index in [1.807, 2.05) is 0 Å². The zero-order valence-corrected chi connectivity index (χ0v) is 17.9. The Hall–Kier alpha value is -3.54. The highest BCUT2D eigenvalue weighted by atomic mass is 19.1. The highest BCUT2D eigenvalue weighted by molar-refractivity contribution is 5.94. The van der Waals surface area contributed by atoms with Crippen LogP contribution in [0.25, 0.3) is 22.3 Å². The van der Waals surface area contributed by atoms with E-state index in [1.165, 1.54) is 6.33 Å². The van der Waals surface area contributed by atoms with Crippen molar-refractivity contribution in [2.75, 3.05) is 5.32 Å². The lowest BCUT2D eigenvalue weighted by Crippen LogP contribution is -2.51. The van der Waals surface area contributed by atoms with E-state index in [0.717, 1.165) is 38.5 Å². The first-order valence-corrected chi connectivity index (χ1v) is 11.5. The van der Waals surface area contributed by atoms with Crippen molar-refractivity contribution in [2.45, 2.75) is 50.5 Å². The second-order valence-electron chi connectivity index (χ2n) is 9.49. The van der Waals surface area contributed by atoms with Gasteiger partial charge in [0, 0.05) is 34.9 Å². The predicted molar refractivity (Wildman–Crippen MR) is 118 cm³/mol. The van der Waals surface area contributed by atoms with Crippen LogP contribution in [0.3, 0.4) is 0 Å². The van der Waals surface area contributed by atoms with Crippen LogP contribution < -0.4 is 5.32 Å². The van der Waals surface area contributed by atoms with Crippen molar-refractivity contribution in [3.8, 4) is 17.3 Å². The maximum Gasteiger partial charge on any atom is 0.308 e. The van der Waals surface area contributed by atoms with Crippen LogP contribution >= 0.6 is 0 Å². The Morgan fingerprint density at radius 1 is 1.21 bits per heavy atom. The van der Waals surface area contributed by atoms with Gasteiger partial charge in [0.05, 0.1) is 17.2 Å². The largest absolute Gasteiger partial charge is 0.481 e. The number of H-pyrrole nitrogens is 1. The molecule has 0 saturated heterocycles. The number of rotatable bonds is 5. The Balaban J connectivity index is 1.50. The Kier molecular flexibility index (Phi) is 4.57. The molecule has 7 rings (SSSR count). The average molecular weight is 446 g/mol. The lowest BCUT2D eigenvalue weighted by molar-refractivity contribution is -0.148. The number of nitrogens with one attached hydrogen (secondary N) is 2. The predicted octanol–water partition coefficient (Wildman–Crippen LogP) is 4.21. The first kappa shape index (κ1) is 20.1. The fraction of sp³-hybridized carbons (Fsp3) is 0.458. The Labute approximate surface area is 189 Å². The second kappa shape index (κ2) is 7.51. The van der Waals surface area contributed by atoms with Crippen molar-refractivity contribution < 1.29 is 14.3 Å². The summed E-state index contributed by atoms with van der Waals surface area (Å²) >= 11 is 0. The van der Waals surface area contributed by atoms with Crippen molar-refractivity contribution in [1.29, 1.82) is 5.26 Å². The zero-order valence-electron chi connectivity index (χ0n) is 17.9. The minimum atomic E-state index is -0.840. The van der Waals surface area contributed by atoms with Gasteiger partial charge in [-0.15, -0.1) is 0 Å². The normalized spacial score (nSPS) is 26.3. The molecule has 2 unspecified atom stereocenters. The standard InChI is InChI=1S/C24H23FN6O2/c25-19-17(11-1-2-11)14(7-26)21(15-9-28-22-16(15)8-27-10-29-22)31-23(19)30-20-13-5-3-12(4-6-13)18(20)24(32)33/h8-13,18,20H,1-6H2,(H,30,31)(H,32,33)(H,27,28,29). The Morgan fingerprint density at radius 3 is 2.67 bits per heavy atom. The molecule has 0 aliphatic heterocycles. The van der Waals surface area contributed by atoms with Gasteiger partial charge >= 0.3 is 5.97 Å². The van der Waals surface area contributed by atoms with E-state index in [2.05, 4.69) is 31.3 Å². The Bertz CT molecular complexity index is 1300. The summed E-state index contributed by atoms with van der Waals surface area (Å²) in [6.07, 6.45) is 10.1. The summed E-state index contributed by atoms with van der Waals surface area (Å²) in [5, 5.41) is 23.8. The third kappa shape index (κ3) is 3.16. The first-order chi connectivity index (χ1) is 16.1. The fourth-order valence-electron chi connectivity index (χ4n) is 5.97. The van der Waals surface area contributed by atoms with Gasteiger partial charge in [0.2, 0.25) is 0 Å². The number of nitriles is 1. The zero-order chi connectivity index (χ0) is 22.7. The molecule has 0 aromatic carbocycles. The molecule has 168 valence electrons. The molecule has 3 aromatic heterocycles. The molecule has 0 radical (unpaired) electrons. The summed E-state index contributed by atoms with van der Waals surface area (Å²) in [5.41, 5.74) is 2.21. The van der Waals surface area contributed by atoms with Gasteiger partial charge in [0.25, 0.3) is 0 Å². The Morgan fingerprint density at radius 2 is 1.97 bits per heavy atom. The molecule has 4 aliphatic carbocycles. The molecular formula is C24H23FN6O2. The van der Waals surface area contributed by atoms with Gasteiger partial charge in [-0.2, -0.15) is 5.26 Å². The minimum absolute atomic E-state index is 0.0264. The fourth-order valence-corrected chi connectivity index (χ4v) is 5.97. The summed E-state index contributed by atoms with van der Waals surface area (Å²) in [6.45, 7) is 0. The van der Waals surface area contributed by atoms with Gasteiger partial charge in [-0.1, -0.05) is 0 Å². The molecule has 0 amide bonds. The topological polar surface area (TPSA) is 128 Å². The highest BCUT2D eigenvalue weighted by Gasteiger charge is 2.48. The first-order valence-electron chi connectivity index (χ1n) is 11.5. The number of hydrogen-bond acceptors (Lipinski definition) is 6. The number of carbonyl (C=O) groups is 1. The van der Waals surface area contributed by atoms with E-state index >= 15 is 4.39 Å². The number of anilines is 1. The maximum absolute atomic E-state index is 15.8. The summed E-state index contributed by atoms with van der Waals surface area (Å²) in [7, 11) is 0. The van der Waals surface area contributed by atoms with E-state index in [1.54, 1.807) is 12.4 Å². The number of pyridine rings is 1. The number of carboxylic acids is 1. The third-order valence-corrected chi connectivity index (χ3v) is 7.69. The summed E-state index contributed by atoms with van der Waals surface area (Å²) in [5.74, 6) is -1.65. The minimum Gasteiger partial charge on any atom is -0.481 e.